The van der Waals surface area contributed by atoms with Crippen LogP contribution in [0.3, 0.4) is 0 Å². The molecule has 21 heavy (non-hydrogen) atoms. The molecule has 116 valence electrons. The third kappa shape index (κ3) is 3.81. The topological polar surface area (TPSA) is 75.7 Å². The van der Waals surface area contributed by atoms with E-state index in [0.717, 1.165) is 0 Å². The molecule has 0 bridgehead atoms. The van der Waals surface area contributed by atoms with Crippen molar-refractivity contribution in [1.82, 2.24) is 9.62 Å². The Balaban J connectivity index is 2.11. The third-order valence-corrected chi connectivity index (χ3v) is 5.48. The zero-order valence-corrected chi connectivity index (χ0v) is 13.0. The summed E-state index contributed by atoms with van der Waals surface area (Å²) in [5.74, 6) is -0.487. The number of hydrogen-bond donors (Lipinski definition) is 1. The molecule has 6 nitrogen and oxygen atoms in total. The number of carbonyl (C=O) groups excluding carboxylic acids is 1. The predicted molar refractivity (Wildman–Crippen MR) is 79.4 cm³/mol. The van der Waals surface area contributed by atoms with Gasteiger partial charge in [0.15, 0.2) is 0 Å². The van der Waals surface area contributed by atoms with Crippen LogP contribution in [0.1, 0.15) is 22.8 Å². The second-order valence-corrected chi connectivity index (χ2v) is 7.03. The predicted octanol–water partition coefficient (Wildman–Crippen LogP) is 0.597. The molecule has 1 atom stereocenters. The molecule has 0 aromatic heterocycles. The number of rotatable bonds is 4. The zero-order valence-electron chi connectivity index (χ0n) is 12.2. The Labute approximate surface area is 125 Å². The molecule has 1 heterocycles. The lowest BCUT2D eigenvalue weighted by molar-refractivity contribution is 0.0600. The van der Waals surface area contributed by atoms with Crippen molar-refractivity contribution in [3.05, 3.63) is 35.4 Å². The van der Waals surface area contributed by atoms with Crippen LogP contribution in [0.15, 0.2) is 24.3 Å². The van der Waals surface area contributed by atoms with Crippen molar-refractivity contribution in [2.45, 2.75) is 18.7 Å². The van der Waals surface area contributed by atoms with Gasteiger partial charge in [-0.25, -0.2) is 13.2 Å². The number of esters is 1. The Morgan fingerprint density at radius 3 is 2.62 bits per heavy atom. The molecule has 1 aromatic carbocycles. The summed E-state index contributed by atoms with van der Waals surface area (Å²) in [5.41, 5.74) is 1.07. The maximum atomic E-state index is 12.4. The Morgan fingerprint density at radius 2 is 2.05 bits per heavy atom. The fraction of sp³-hybridized carbons (Fsp3) is 0.500. The van der Waals surface area contributed by atoms with Gasteiger partial charge in [0.1, 0.15) is 0 Å². The molecule has 0 spiro atoms. The molecule has 0 radical (unpaired) electrons. The van der Waals surface area contributed by atoms with E-state index >= 15 is 0 Å². The number of piperazine rings is 1. The van der Waals surface area contributed by atoms with Crippen molar-refractivity contribution in [3.8, 4) is 0 Å². The van der Waals surface area contributed by atoms with Gasteiger partial charge in [0.25, 0.3) is 0 Å². The van der Waals surface area contributed by atoms with Crippen LogP contribution in [0.2, 0.25) is 0 Å². The molecular weight excluding hydrogens is 292 g/mol. The zero-order chi connectivity index (χ0) is 15.5. The molecule has 0 saturated carbocycles. The van der Waals surface area contributed by atoms with Crippen LogP contribution in [0, 0.1) is 0 Å². The molecule has 1 aliphatic rings. The number of hydrogen-bond acceptors (Lipinski definition) is 5. The van der Waals surface area contributed by atoms with Crippen LogP contribution in [0.4, 0.5) is 0 Å². The molecule has 1 N–H and O–H groups in total. The standard InChI is InChI=1S/C14H20N2O4S/c1-11-9-15-7-8-16(11)21(18,19)10-12-3-5-13(6-4-12)14(17)20-2/h3-6,11,15H,7-10H2,1-2H3/t11-/m1/s1. The Morgan fingerprint density at radius 1 is 1.38 bits per heavy atom. The molecule has 0 unspecified atom stereocenters. The van der Waals surface area contributed by atoms with E-state index in [1.54, 1.807) is 24.3 Å². The van der Waals surface area contributed by atoms with Crippen LogP contribution in [0.25, 0.3) is 0 Å². The Bertz CT molecular complexity index is 598. The average Bonchev–Trinajstić information content (AvgIpc) is 2.47. The quantitative estimate of drug-likeness (QED) is 0.824. The van der Waals surface area contributed by atoms with Gasteiger partial charge in [-0.3, -0.25) is 0 Å². The Kier molecular flexibility index (Phi) is 4.97. The lowest BCUT2D eigenvalue weighted by Gasteiger charge is -2.32. The number of nitrogens with one attached hydrogen (secondary N) is 1. The van der Waals surface area contributed by atoms with Crippen molar-refractivity contribution >= 4 is 16.0 Å². The first-order chi connectivity index (χ1) is 9.94. The van der Waals surface area contributed by atoms with E-state index in [-0.39, 0.29) is 11.8 Å². The first-order valence-electron chi connectivity index (χ1n) is 6.81. The smallest absolute Gasteiger partial charge is 0.337 e. The van der Waals surface area contributed by atoms with Gasteiger partial charge in [0.05, 0.1) is 18.4 Å². The van der Waals surface area contributed by atoms with E-state index in [0.29, 0.717) is 30.8 Å². The summed E-state index contributed by atoms with van der Waals surface area (Å²) >= 11 is 0. The van der Waals surface area contributed by atoms with Crippen molar-refractivity contribution in [2.24, 2.45) is 0 Å². The summed E-state index contributed by atoms with van der Waals surface area (Å²) in [6.45, 7) is 3.72. The fourth-order valence-corrected chi connectivity index (χ4v) is 4.16. The van der Waals surface area contributed by atoms with Gasteiger partial charge in [-0.2, -0.15) is 4.31 Å². The molecule has 2 rings (SSSR count). The van der Waals surface area contributed by atoms with E-state index in [9.17, 15) is 13.2 Å². The lowest BCUT2D eigenvalue weighted by Crippen LogP contribution is -2.52. The SMILES string of the molecule is COC(=O)c1ccc(CS(=O)(=O)N2CCNC[C@H]2C)cc1. The van der Waals surface area contributed by atoms with Crippen molar-refractivity contribution in [1.29, 1.82) is 0 Å². The number of sulfonamides is 1. The molecule has 0 amide bonds. The Hall–Kier alpha value is -1.44. The summed E-state index contributed by atoms with van der Waals surface area (Å²) in [4.78, 5) is 11.3. The highest BCUT2D eigenvalue weighted by atomic mass is 32.2. The van der Waals surface area contributed by atoms with Crippen LogP contribution >= 0.6 is 0 Å². The molecule has 1 aromatic rings. The molecular formula is C14H20N2O4S. The maximum absolute atomic E-state index is 12.4. The average molecular weight is 312 g/mol. The van der Waals surface area contributed by atoms with Gasteiger partial charge in [-0.1, -0.05) is 12.1 Å². The number of nitrogens with zero attached hydrogens (tertiary/aromatic N) is 1. The molecule has 0 aliphatic carbocycles. The van der Waals surface area contributed by atoms with E-state index < -0.39 is 16.0 Å². The second kappa shape index (κ2) is 6.55. The maximum Gasteiger partial charge on any atom is 0.337 e. The second-order valence-electron chi connectivity index (χ2n) is 5.11. The van der Waals surface area contributed by atoms with Crippen LogP contribution < -0.4 is 5.32 Å². The van der Waals surface area contributed by atoms with E-state index in [1.165, 1.54) is 11.4 Å². The number of ether oxygens (including phenoxy) is 1. The monoisotopic (exact) mass is 312 g/mol. The van der Waals surface area contributed by atoms with E-state index in [4.69, 9.17) is 0 Å². The van der Waals surface area contributed by atoms with Crippen LogP contribution in [-0.2, 0) is 20.5 Å². The minimum atomic E-state index is -3.35. The van der Waals surface area contributed by atoms with Gasteiger partial charge in [-0.15, -0.1) is 0 Å². The summed E-state index contributed by atoms with van der Waals surface area (Å²) in [5, 5.41) is 3.17. The highest BCUT2D eigenvalue weighted by Crippen LogP contribution is 2.16. The first kappa shape index (κ1) is 15.9. The molecule has 1 aliphatic heterocycles. The number of carbonyl (C=O) groups is 1. The van der Waals surface area contributed by atoms with Gasteiger partial charge < -0.3 is 10.1 Å². The highest BCUT2D eigenvalue weighted by molar-refractivity contribution is 7.88. The summed E-state index contributed by atoms with van der Waals surface area (Å²) in [6.07, 6.45) is 0. The number of benzene rings is 1. The lowest BCUT2D eigenvalue weighted by atomic mass is 10.1. The normalized spacial score (nSPS) is 20.2. The molecule has 7 heteroatoms. The summed E-state index contributed by atoms with van der Waals surface area (Å²) in [7, 11) is -2.04. The van der Waals surface area contributed by atoms with Gasteiger partial charge in [0, 0.05) is 25.7 Å². The van der Waals surface area contributed by atoms with Gasteiger partial charge in [-0.05, 0) is 24.6 Å². The molecule has 1 fully saturated rings. The highest BCUT2D eigenvalue weighted by Gasteiger charge is 2.29. The summed E-state index contributed by atoms with van der Waals surface area (Å²) in [6, 6.07) is 6.42. The largest absolute Gasteiger partial charge is 0.465 e. The van der Waals surface area contributed by atoms with Crippen molar-refractivity contribution in [2.75, 3.05) is 26.7 Å². The van der Waals surface area contributed by atoms with Gasteiger partial charge >= 0.3 is 5.97 Å². The van der Waals surface area contributed by atoms with Crippen molar-refractivity contribution < 1.29 is 17.9 Å². The van der Waals surface area contributed by atoms with E-state index in [1.807, 2.05) is 6.92 Å². The van der Waals surface area contributed by atoms with Gasteiger partial charge in [0.2, 0.25) is 10.0 Å². The van der Waals surface area contributed by atoms with E-state index in [2.05, 4.69) is 10.1 Å². The molecule has 1 saturated heterocycles. The number of methoxy groups -OCH3 is 1. The van der Waals surface area contributed by atoms with Crippen LogP contribution in [0.5, 0.6) is 0 Å². The fourth-order valence-electron chi connectivity index (χ4n) is 2.38. The van der Waals surface area contributed by atoms with Crippen molar-refractivity contribution in [3.63, 3.8) is 0 Å². The minimum absolute atomic E-state index is 0.0434. The summed E-state index contributed by atoms with van der Waals surface area (Å²) < 4.78 is 31.0. The minimum Gasteiger partial charge on any atom is -0.465 e. The van der Waals surface area contributed by atoms with Crippen LogP contribution in [-0.4, -0.2) is 51.5 Å². The first-order valence-corrected chi connectivity index (χ1v) is 8.42. The third-order valence-electron chi connectivity index (χ3n) is 3.52.